The molecule has 0 spiro atoms. The minimum absolute atomic E-state index is 0.135. The summed E-state index contributed by atoms with van der Waals surface area (Å²) in [7, 11) is 0. The lowest BCUT2D eigenvalue weighted by Gasteiger charge is -2.38. The maximum atomic E-state index is 5.67. The molecule has 0 bridgehead atoms. The predicted molar refractivity (Wildman–Crippen MR) is 41.0 cm³/mol. The van der Waals surface area contributed by atoms with Crippen LogP contribution in [0.4, 0.5) is 0 Å². The first-order chi connectivity index (χ1) is 5.37. The molecule has 0 radical (unpaired) electrons. The Morgan fingerprint density at radius 2 is 2.45 bits per heavy atom. The standard InChI is InChI=1S/C7H12N4/c8-4-7(2-1-3-7)6-9-5-10-11-6/h5H,1-4,8H2,(H,9,10,11). The van der Waals surface area contributed by atoms with Gasteiger partial charge < -0.3 is 5.73 Å². The molecule has 1 aromatic rings. The van der Waals surface area contributed by atoms with Gasteiger partial charge in [0.25, 0.3) is 0 Å². The molecule has 3 N–H and O–H groups in total. The van der Waals surface area contributed by atoms with E-state index >= 15 is 0 Å². The highest BCUT2D eigenvalue weighted by molar-refractivity contribution is 5.12. The van der Waals surface area contributed by atoms with Gasteiger partial charge in [0.2, 0.25) is 0 Å². The highest BCUT2D eigenvalue weighted by Crippen LogP contribution is 2.40. The second kappa shape index (κ2) is 2.30. The van der Waals surface area contributed by atoms with Crippen LogP contribution in [0.1, 0.15) is 25.1 Å². The zero-order chi connectivity index (χ0) is 7.73. The molecule has 1 aliphatic carbocycles. The van der Waals surface area contributed by atoms with Crippen LogP contribution in [0.3, 0.4) is 0 Å². The van der Waals surface area contributed by atoms with Crippen molar-refractivity contribution in [2.24, 2.45) is 5.73 Å². The molecule has 1 fully saturated rings. The van der Waals surface area contributed by atoms with E-state index in [9.17, 15) is 0 Å². The number of aromatic nitrogens is 3. The predicted octanol–water partition coefficient (Wildman–Crippen LogP) is 0.185. The lowest BCUT2D eigenvalue weighted by molar-refractivity contribution is 0.239. The average molecular weight is 152 g/mol. The van der Waals surface area contributed by atoms with E-state index in [1.54, 1.807) is 6.33 Å². The summed E-state index contributed by atoms with van der Waals surface area (Å²) in [6.07, 6.45) is 5.11. The molecule has 2 rings (SSSR count). The van der Waals surface area contributed by atoms with Crippen LogP contribution in [-0.4, -0.2) is 21.7 Å². The summed E-state index contributed by atoms with van der Waals surface area (Å²) in [4.78, 5) is 4.13. The molecule has 4 nitrogen and oxygen atoms in total. The first kappa shape index (κ1) is 6.79. The van der Waals surface area contributed by atoms with E-state index in [0.29, 0.717) is 6.54 Å². The minimum atomic E-state index is 0.135. The van der Waals surface area contributed by atoms with Crippen molar-refractivity contribution in [2.75, 3.05) is 6.54 Å². The number of nitrogens with zero attached hydrogens (tertiary/aromatic N) is 2. The summed E-state index contributed by atoms with van der Waals surface area (Å²) in [6, 6.07) is 0. The molecule has 0 amide bonds. The molecule has 1 saturated carbocycles. The maximum absolute atomic E-state index is 5.67. The zero-order valence-corrected chi connectivity index (χ0v) is 6.38. The first-order valence-electron chi connectivity index (χ1n) is 3.93. The Bertz CT molecular complexity index is 219. The third-order valence-corrected chi connectivity index (χ3v) is 2.62. The summed E-state index contributed by atoms with van der Waals surface area (Å²) >= 11 is 0. The summed E-state index contributed by atoms with van der Waals surface area (Å²) in [5, 5.41) is 6.72. The van der Waals surface area contributed by atoms with Gasteiger partial charge in [0.1, 0.15) is 12.2 Å². The van der Waals surface area contributed by atoms with Crippen LogP contribution in [0.5, 0.6) is 0 Å². The first-order valence-corrected chi connectivity index (χ1v) is 3.93. The molecular formula is C7H12N4. The Kier molecular flexibility index (Phi) is 1.42. The van der Waals surface area contributed by atoms with E-state index in [2.05, 4.69) is 15.2 Å². The molecule has 1 aliphatic rings. The van der Waals surface area contributed by atoms with Crippen molar-refractivity contribution in [3.63, 3.8) is 0 Å². The van der Waals surface area contributed by atoms with E-state index in [1.165, 1.54) is 6.42 Å². The average Bonchev–Trinajstić information content (AvgIpc) is 2.39. The topological polar surface area (TPSA) is 67.6 Å². The van der Waals surface area contributed by atoms with Crippen LogP contribution in [-0.2, 0) is 5.41 Å². The number of rotatable bonds is 2. The molecule has 0 saturated heterocycles. The minimum Gasteiger partial charge on any atom is -0.329 e. The van der Waals surface area contributed by atoms with Gasteiger partial charge in [-0.25, -0.2) is 4.98 Å². The second-order valence-electron chi connectivity index (χ2n) is 3.17. The van der Waals surface area contributed by atoms with Crippen molar-refractivity contribution < 1.29 is 0 Å². The van der Waals surface area contributed by atoms with Crippen LogP contribution in [0.2, 0.25) is 0 Å². The Balaban J connectivity index is 2.25. The molecule has 0 aliphatic heterocycles. The van der Waals surface area contributed by atoms with Gasteiger partial charge in [-0.2, -0.15) is 5.10 Å². The number of aromatic amines is 1. The molecule has 0 atom stereocenters. The monoisotopic (exact) mass is 152 g/mol. The van der Waals surface area contributed by atoms with Crippen LogP contribution in [0, 0.1) is 0 Å². The van der Waals surface area contributed by atoms with Gasteiger partial charge in [-0.15, -0.1) is 0 Å². The SMILES string of the molecule is NCC1(c2ncn[nH]2)CCC1. The van der Waals surface area contributed by atoms with Crippen molar-refractivity contribution in [3.8, 4) is 0 Å². The number of hydrogen-bond acceptors (Lipinski definition) is 3. The number of nitrogens with one attached hydrogen (secondary N) is 1. The number of hydrogen-bond donors (Lipinski definition) is 2. The van der Waals surface area contributed by atoms with E-state index in [4.69, 9.17) is 5.73 Å². The Morgan fingerprint density at radius 3 is 2.82 bits per heavy atom. The van der Waals surface area contributed by atoms with E-state index < -0.39 is 0 Å². The lowest BCUT2D eigenvalue weighted by atomic mass is 9.68. The second-order valence-corrected chi connectivity index (χ2v) is 3.17. The fourth-order valence-corrected chi connectivity index (χ4v) is 1.60. The quantitative estimate of drug-likeness (QED) is 0.635. The zero-order valence-electron chi connectivity index (χ0n) is 6.38. The van der Waals surface area contributed by atoms with Crippen LogP contribution in [0.15, 0.2) is 6.33 Å². The fourth-order valence-electron chi connectivity index (χ4n) is 1.60. The van der Waals surface area contributed by atoms with E-state index in [-0.39, 0.29) is 5.41 Å². The Morgan fingerprint density at radius 1 is 1.64 bits per heavy atom. The van der Waals surface area contributed by atoms with Gasteiger partial charge in [-0.3, -0.25) is 5.10 Å². The maximum Gasteiger partial charge on any atom is 0.137 e. The lowest BCUT2D eigenvalue weighted by Crippen LogP contribution is -2.42. The third kappa shape index (κ3) is 0.860. The van der Waals surface area contributed by atoms with Crippen LogP contribution < -0.4 is 5.73 Å². The van der Waals surface area contributed by atoms with Crippen molar-refractivity contribution in [2.45, 2.75) is 24.7 Å². The third-order valence-electron chi connectivity index (χ3n) is 2.62. The fraction of sp³-hybridized carbons (Fsp3) is 0.714. The summed E-state index contributed by atoms with van der Waals surface area (Å²) in [5.74, 6) is 0.964. The normalized spacial score (nSPS) is 21.2. The van der Waals surface area contributed by atoms with Gasteiger partial charge in [-0.1, -0.05) is 6.42 Å². The molecule has 4 heteroatoms. The molecule has 0 unspecified atom stereocenters. The number of H-pyrrole nitrogens is 1. The highest BCUT2D eigenvalue weighted by Gasteiger charge is 2.39. The van der Waals surface area contributed by atoms with Gasteiger partial charge >= 0.3 is 0 Å². The van der Waals surface area contributed by atoms with Crippen LogP contribution >= 0.6 is 0 Å². The van der Waals surface area contributed by atoms with Gasteiger partial charge in [0.15, 0.2) is 0 Å². The van der Waals surface area contributed by atoms with Gasteiger partial charge in [-0.05, 0) is 12.8 Å². The molecular weight excluding hydrogens is 140 g/mol. The smallest absolute Gasteiger partial charge is 0.137 e. The summed E-state index contributed by atoms with van der Waals surface area (Å²) in [6.45, 7) is 0.683. The van der Waals surface area contributed by atoms with Crippen LogP contribution in [0.25, 0.3) is 0 Å². The molecule has 60 valence electrons. The Hall–Kier alpha value is -0.900. The van der Waals surface area contributed by atoms with E-state index in [1.807, 2.05) is 0 Å². The van der Waals surface area contributed by atoms with Gasteiger partial charge in [0, 0.05) is 12.0 Å². The largest absolute Gasteiger partial charge is 0.329 e. The van der Waals surface area contributed by atoms with Crippen molar-refractivity contribution in [3.05, 3.63) is 12.2 Å². The van der Waals surface area contributed by atoms with E-state index in [0.717, 1.165) is 18.7 Å². The number of nitrogens with two attached hydrogens (primary N) is 1. The summed E-state index contributed by atoms with van der Waals surface area (Å²) < 4.78 is 0. The highest BCUT2D eigenvalue weighted by atomic mass is 15.2. The Labute approximate surface area is 65.2 Å². The molecule has 1 heterocycles. The van der Waals surface area contributed by atoms with Crippen molar-refractivity contribution in [1.82, 2.24) is 15.2 Å². The van der Waals surface area contributed by atoms with Crippen molar-refractivity contribution >= 4 is 0 Å². The molecule has 1 aromatic heterocycles. The van der Waals surface area contributed by atoms with Crippen molar-refractivity contribution in [1.29, 1.82) is 0 Å². The summed E-state index contributed by atoms with van der Waals surface area (Å²) in [5.41, 5.74) is 5.81. The molecule has 0 aromatic carbocycles. The van der Waals surface area contributed by atoms with Gasteiger partial charge in [0.05, 0.1) is 0 Å². The molecule has 11 heavy (non-hydrogen) atoms.